The second-order valence-corrected chi connectivity index (χ2v) is 10.1. The number of hydrogen-bond acceptors (Lipinski definition) is 1. The van der Waals surface area contributed by atoms with Crippen LogP contribution in [0.4, 0.5) is 26.3 Å². The number of rotatable bonds is 8. The zero-order valence-electron chi connectivity index (χ0n) is 19.4. The van der Waals surface area contributed by atoms with E-state index in [9.17, 15) is 26.3 Å². The van der Waals surface area contributed by atoms with Crippen LogP contribution in [0.3, 0.4) is 0 Å². The minimum absolute atomic E-state index is 0.136. The Morgan fingerprint density at radius 3 is 1.64 bits per heavy atom. The maximum atomic E-state index is 13.0. The van der Waals surface area contributed by atoms with Crippen LogP contribution in [0.25, 0.3) is 0 Å². The molecule has 2 aliphatic carbocycles. The topological polar surface area (TPSA) is 9.23 Å². The summed E-state index contributed by atoms with van der Waals surface area (Å²) >= 11 is 0. The highest BCUT2D eigenvalue weighted by Crippen LogP contribution is 2.43. The molecule has 0 N–H and O–H groups in total. The van der Waals surface area contributed by atoms with Crippen LogP contribution < -0.4 is 4.74 Å². The molecule has 2 fully saturated rings. The first-order valence-corrected chi connectivity index (χ1v) is 12.5. The van der Waals surface area contributed by atoms with Gasteiger partial charge in [-0.3, -0.25) is 0 Å². The highest BCUT2D eigenvalue weighted by atomic mass is 19.4. The molecule has 0 aromatic heterocycles. The van der Waals surface area contributed by atoms with Gasteiger partial charge in [0.1, 0.15) is 5.75 Å². The molecule has 0 saturated heterocycles. The summed E-state index contributed by atoms with van der Waals surface area (Å²) < 4.78 is 83.6. The Bertz CT molecular complexity index is 693. The van der Waals surface area contributed by atoms with Gasteiger partial charge >= 0.3 is 12.4 Å². The van der Waals surface area contributed by atoms with E-state index in [1.165, 1.54) is 51.4 Å². The predicted molar refractivity (Wildman–Crippen MR) is 117 cm³/mol. The van der Waals surface area contributed by atoms with Crippen LogP contribution in [-0.2, 0) is 12.4 Å². The van der Waals surface area contributed by atoms with E-state index in [1.54, 1.807) is 0 Å². The van der Waals surface area contributed by atoms with Gasteiger partial charge in [-0.05, 0) is 80.4 Å². The lowest BCUT2D eigenvalue weighted by Gasteiger charge is -2.38. The largest absolute Gasteiger partial charge is 0.493 e. The van der Waals surface area contributed by atoms with Gasteiger partial charge in [0, 0.05) is 0 Å². The normalized spacial score (nSPS) is 26.9. The average Bonchev–Trinajstić information content (AvgIpc) is 2.77. The SMILES string of the molecule is CCCCCC1CCC(C2CCC(COc3cc(C(F)(F)F)cc(C(F)(F)F)c3)CC2)CC1. The minimum Gasteiger partial charge on any atom is -0.493 e. The molecule has 2 aliphatic rings. The predicted octanol–water partition coefficient (Wildman–Crippen LogP) is 9.30. The van der Waals surface area contributed by atoms with E-state index in [-0.39, 0.29) is 24.3 Å². The summed E-state index contributed by atoms with van der Waals surface area (Å²) in [5.74, 6) is 2.16. The lowest BCUT2D eigenvalue weighted by Crippen LogP contribution is -2.27. The maximum Gasteiger partial charge on any atom is 0.416 e. The van der Waals surface area contributed by atoms with Crippen molar-refractivity contribution >= 4 is 0 Å². The Morgan fingerprint density at radius 2 is 1.18 bits per heavy atom. The smallest absolute Gasteiger partial charge is 0.416 e. The van der Waals surface area contributed by atoms with Crippen molar-refractivity contribution in [3.63, 3.8) is 0 Å². The van der Waals surface area contributed by atoms with Gasteiger partial charge in [0.05, 0.1) is 17.7 Å². The minimum atomic E-state index is -4.85. The molecule has 0 amide bonds. The third-order valence-corrected chi connectivity index (χ3v) is 7.71. The molecule has 1 aromatic carbocycles. The molecule has 7 heteroatoms. The van der Waals surface area contributed by atoms with Crippen molar-refractivity contribution in [2.75, 3.05) is 6.61 Å². The molecule has 0 unspecified atom stereocenters. The Balaban J connectivity index is 1.46. The van der Waals surface area contributed by atoms with E-state index in [4.69, 9.17) is 4.74 Å². The summed E-state index contributed by atoms with van der Waals surface area (Å²) in [5.41, 5.74) is -2.66. The van der Waals surface area contributed by atoms with Gasteiger partial charge in [0.2, 0.25) is 0 Å². The lowest BCUT2D eigenvalue weighted by molar-refractivity contribution is -0.143. The van der Waals surface area contributed by atoms with E-state index in [0.717, 1.165) is 37.5 Å². The first-order chi connectivity index (χ1) is 15.6. The zero-order chi connectivity index (χ0) is 24.1. The van der Waals surface area contributed by atoms with Crippen molar-refractivity contribution in [3.8, 4) is 5.75 Å². The fraction of sp³-hybridized carbons (Fsp3) is 0.769. The van der Waals surface area contributed by atoms with Gasteiger partial charge in [-0.25, -0.2) is 0 Å². The molecule has 0 spiro atoms. The third kappa shape index (κ3) is 7.81. The van der Waals surface area contributed by atoms with Crippen molar-refractivity contribution in [1.29, 1.82) is 0 Å². The second-order valence-electron chi connectivity index (χ2n) is 10.1. The van der Waals surface area contributed by atoms with Crippen molar-refractivity contribution in [3.05, 3.63) is 29.3 Å². The van der Waals surface area contributed by atoms with Crippen molar-refractivity contribution in [1.82, 2.24) is 0 Å². The quantitative estimate of drug-likeness (QED) is 0.267. The summed E-state index contributed by atoms with van der Waals surface area (Å²) in [4.78, 5) is 0. The molecule has 0 bridgehead atoms. The number of unbranched alkanes of at least 4 members (excludes halogenated alkanes) is 2. The zero-order valence-corrected chi connectivity index (χ0v) is 19.4. The molecule has 0 heterocycles. The van der Waals surface area contributed by atoms with Crippen LogP contribution in [0.15, 0.2) is 18.2 Å². The molecule has 1 nitrogen and oxygen atoms in total. The molecule has 0 radical (unpaired) electrons. The molecule has 188 valence electrons. The molecule has 2 saturated carbocycles. The van der Waals surface area contributed by atoms with Crippen LogP contribution in [0.2, 0.25) is 0 Å². The van der Waals surface area contributed by atoms with E-state index in [2.05, 4.69) is 6.92 Å². The first-order valence-electron chi connectivity index (χ1n) is 12.5. The summed E-state index contributed by atoms with van der Waals surface area (Å²) in [6, 6.07) is 1.47. The van der Waals surface area contributed by atoms with Crippen LogP contribution >= 0.6 is 0 Å². The van der Waals surface area contributed by atoms with Crippen molar-refractivity contribution < 1.29 is 31.1 Å². The summed E-state index contributed by atoms with van der Waals surface area (Å²) in [5, 5.41) is 0. The average molecular weight is 479 g/mol. The highest BCUT2D eigenvalue weighted by molar-refractivity contribution is 5.37. The number of hydrogen-bond donors (Lipinski definition) is 0. The van der Waals surface area contributed by atoms with Crippen LogP contribution in [-0.4, -0.2) is 6.61 Å². The molecule has 33 heavy (non-hydrogen) atoms. The Hall–Kier alpha value is -1.40. The summed E-state index contributed by atoms with van der Waals surface area (Å²) in [6.45, 7) is 2.40. The fourth-order valence-corrected chi connectivity index (χ4v) is 5.68. The molecule has 1 aromatic rings. The Kier molecular flexibility index (Phi) is 9.02. The number of benzene rings is 1. The van der Waals surface area contributed by atoms with Crippen LogP contribution in [0.5, 0.6) is 5.75 Å². The van der Waals surface area contributed by atoms with Gasteiger partial charge in [0.15, 0.2) is 0 Å². The van der Waals surface area contributed by atoms with E-state index in [1.807, 2.05) is 0 Å². The molecular weight excluding hydrogens is 442 g/mol. The highest BCUT2D eigenvalue weighted by Gasteiger charge is 2.37. The number of alkyl halides is 6. The van der Waals surface area contributed by atoms with E-state index < -0.39 is 23.5 Å². The van der Waals surface area contributed by atoms with E-state index in [0.29, 0.717) is 18.1 Å². The molecule has 0 atom stereocenters. The third-order valence-electron chi connectivity index (χ3n) is 7.71. The number of halogens is 6. The van der Waals surface area contributed by atoms with Gasteiger partial charge in [-0.2, -0.15) is 26.3 Å². The first kappa shape index (κ1) is 26.2. The van der Waals surface area contributed by atoms with Crippen LogP contribution in [0.1, 0.15) is 95.1 Å². The van der Waals surface area contributed by atoms with Gasteiger partial charge in [-0.1, -0.05) is 45.4 Å². The molecule has 3 rings (SSSR count). The molecular formula is C26H36F6O. The van der Waals surface area contributed by atoms with Gasteiger partial charge in [0.25, 0.3) is 0 Å². The Morgan fingerprint density at radius 1 is 0.697 bits per heavy atom. The van der Waals surface area contributed by atoms with Crippen molar-refractivity contribution in [2.45, 2.75) is 96.3 Å². The molecule has 0 aliphatic heterocycles. The van der Waals surface area contributed by atoms with E-state index >= 15 is 0 Å². The standard InChI is InChI=1S/C26H36F6O/c1-2-3-4-5-18-6-10-20(11-7-18)21-12-8-19(9-13-21)17-33-24-15-22(25(27,28)29)14-23(16-24)26(30,31)32/h14-16,18-21H,2-13,17H2,1H3. The fourth-order valence-electron chi connectivity index (χ4n) is 5.68. The van der Waals surface area contributed by atoms with Crippen molar-refractivity contribution in [2.24, 2.45) is 23.7 Å². The van der Waals surface area contributed by atoms with Gasteiger partial charge in [-0.15, -0.1) is 0 Å². The maximum absolute atomic E-state index is 13.0. The monoisotopic (exact) mass is 478 g/mol. The summed E-state index contributed by atoms with van der Waals surface area (Å²) in [6.07, 6.45) is 4.83. The second kappa shape index (κ2) is 11.4. The number of ether oxygens (including phenoxy) is 1. The van der Waals surface area contributed by atoms with Crippen LogP contribution in [0, 0.1) is 23.7 Å². The Labute approximate surface area is 193 Å². The lowest BCUT2D eigenvalue weighted by atomic mass is 9.69. The van der Waals surface area contributed by atoms with Gasteiger partial charge < -0.3 is 4.74 Å². The summed E-state index contributed by atoms with van der Waals surface area (Å²) in [7, 11) is 0.